The third kappa shape index (κ3) is 5.53. The molecule has 0 fully saturated rings. The van der Waals surface area contributed by atoms with E-state index >= 15 is 0 Å². The molecule has 29 heavy (non-hydrogen) atoms. The summed E-state index contributed by atoms with van der Waals surface area (Å²) in [6.45, 7) is 2.16. The third-order valence-electron chi connectivity index (χ3n) is 4.80. The molecule has 5 N–H and O–H groups in total. The molecular formula is C23H26N3O2S+. The lowest BCUT2D eigenvalue weighted by molar-refractivity contribution is -0.713. The molecule has 6 heteroatoms. The van der Waals surface area contributed by atoms with Gasteiger partial charge in [-0.25, -0.2) is 4.79 Å². The largest absolute Gasteiger partial charge is 0.351 e. The first-order chi connectivity index (χ1) is 14.1. The molecule has 3 rings (SSSR count). The number of carbonyl (C=O) groups excluding carboxylic acids is 2. The van der Waals surface area contributed by atoms with Crippen molar-refractivity contribution in [2.45, 2.75) is 31.8 Å². The maximum atomic E-state index is 12.8. The average Bonchev–Trinajstić information content (AvgIpc) is 3.24. The summed E-state index contributed by atoms with van der Waals surface area (Å²) in [5.41, 5.74) is 8.43. The lowest BCUT2D eigenvalue weighted by Gasteiger charge is -2.22. The molecule has 0 saturated carbocycles. The lowest BCUT2D eigenvalue weighted by atomic mass is 9.99. The minimum absolute atomic E-state index is 0.0745. The third-order valence-corrected chi connectivity index (χ3v) is 5.76. The second-order valence-corrected chi connectivity index (χ2v) is 7.90. The summed E-state index contributed by atoms with van der Waals surface area (Å²) in [5.74, 6) is -0.423. The Morgan fingerprint density at radius 1 is 1.00 bits per heavy atom. The van der Waals surface area contributed by atoms with Crippen molar-refractivity contribution in [1.82, 2.24) is 5.32 Å². The molecule has 1 heterocycles. The monoisotopic (exact) mass is 408 g/mol. The number of primary amides is 1. The lowest BCUT2D eigenvalue weighted by Crippen LogP contribution is -2.88. The number of thiophene rings is 1. The summed E-state index contributed by atoms with van der Waals surface area (Å²) < 4.78 is 0. The molecule has 2 aromatic carbocycles. The highest BCUT2D eigenvalue weighted by Gasteiger charge is 2.31. The van der Waals surface area contributed by atoms with Gasteiger partial charge in [0.15, 0.2) is 6.04 Å². The second-order valence-electron chi connectivity index (χ2n) is 6.92. The van der Waals surface area contributed by atoms with Gasteiger partial charge in [0.2, 0.25) is 0 Å². The Morgan fingerprint density at radius 3 is 2.31 bits per heavy atom. The van der Waals surface area contributed by atoms with Crippen LogP contribution in [0.5, 0.6) is 0 Å². The van der Waals surface area contributed by atoms with Gasteiger partial charge in [0.05, 0.1) is 4.88 Å². The van der Waals surface area contributed by atoms with E-state index in [4.69, 9.17) is 5.73 Å². The number of quaternary nitrogens is 1. The van der Waals surface area contributed by atoms with Crippen LogP contribution >= 0.6 is 11.3 Å². The van der Waals surface area contributed by atoms with Gasteiger partial charge in [0.1, 0.15) is 6.04 Å². The highest BCUT2D eigenvalue weighted by atomic mass is 32.1. The van der Waals surface area contributed by atoms with Gasteiger partial charge < -0.3 is 11.1 Å². The smallest absolute Gasteiger partial charge is 0.319 e. The average molecular weight is 409 g/mol. The number of hydrogen-bond donors (Lipinski definition) is 3. The number of carbonyl (C=O) groups is 2. The molecule has 0 aliphatic carbocycles. The van der Waals surface area contributed by atoms with Crippen molar-refractivity contribution in [3.63, 3.8) is 0 Å². The molecule has 0 saturated heterocycles. The maximum Gasteiger partial charge on any atom is 0.319 e. The van der Waals surface area contributed by atoms with E-state index in [1.54, 1.807) is 11.3 Å². The van der Waals surface area contributed by atoms with E-state index in [0.29, 0.717) is 0 Å². The van der Waals surface area contributed by atoms with Crippen molar-refractivity contribution >= 4 is 23.3 Å². The fourth-order valence-electron chi connectivity index (χ4n) is 3.42. The van der Waals surface area contributed by atoms with E-state index < -0.39 is 18.0 Å². The number of amides is 3. The molecular weight excluding hydrogens is 382 g/mol. The van der Waals surface area contributed by atoms with Gasteiger partial charge in [-0.3, -0.25) is 10.1 Å². The summed E-state index contributed by atoms with van der Waals surface area (Å²) in [6, 6.07) is 20.5. The molecule has 0 bridgehead atoms. The minimum Gasteiger partial charge on any atom is -0.351 e. The van der Waals surface area contributed by atoms with E-state index in [-0.39, 0.29) is 6.04 Å². The van der Waals surface area contributed by atoms with Gasteiger partial charge in [-0.05, 0) is 23.4 Å². The zero-order valence-corrected chi connectivity index (χ0v) is 17.2. The molecule has 0 spiro atoms. The van der Waals surface area contributed by atoms with Crippen LogP contribution in [-0.2, 0) is 11.2 Å². The van der Waals surface area contributed by atoms with E-state index in [0.717, 1.165) is 28.8 Å². The SMILES string of the molecule is CCCc1ccc([C@@H]([NH2+][C@@H](C(=O)NC(N)=O)c2ccccc2)c2cccs2)cc1. The van der Waals surface area contributed by atoms with Crippen molar-refractivity contribution in [3.05, 3.63) is 93.7 Å². The van der Waals surface area contributed by atoms with Crippen LogP contribution in [0.1, 0.15) is 47.0 Å². The molecule has 2 atom stereocenters. The molecule has 1 aromatic heterocycles. The molecule has 0 unspecified atom stereocenters. The number of aryl methyl sites for hydroxylation is 1. The van der Waals surface area contributed by atoms with E-state index in [1.165, 1.54) is 5.56 Å². The summed E-state index contributed by atoms with van der Waals surface area (Å²) in [7, 11) is 0. The van der Waals surface area contributed by atoms with Crippen molar-refractivity contribution in [2.24, 2.45) is 5.73 Å². The molecule has 0 aliphatic heterocycles. The normalized spacial score (nSPS) is 12.9. The van der Waals surface area contributed by atoms with Crippen LogP contribution in [0.15, 0.2) is 72.1 Å². The first-order valence-electron chi connectivity index (χ1n) is 9.71. The molecule has 150 valence electrons. The zero-order valence-electron chi connectivity index (χ0n) is 16.4. The predicted octanol–water partition coefficient (Wildman–Crippen LogP) is 3.29. The predicted molar refractivity (Wildman–Crippen MR) is 115 cm³/mol. The van der Waals surface area contributed by atoms with Crippen LogP contribution in [-0.4, -0.2) is 11.9 Å². The van der Waals surface area contributed by atoms with Crippen molar-refractivity contribution < 1.29 is 14.9 Å². The molecule has 0 aliphatic rings. The molecule has 5 nitrogen and oxygen atoms in total. The Kier molecular flexibility index (Phi) is 7.16. The van der Waals surface area contributed by atoms with Crippen LogP contribution in [0.25, 0.3) is 0 Å². The Balaban J connectivity index is 1.95. The van der Waals surface area contributed by atoms with Crippen LogP contribution in [0.2, 0.25) is 0 Å². The zero-order chi connectivity index (χ0) is 20.6. The van der Waals surface area contributed by atoms with Crippen LogP contribution in [0, 0.1) is 0 Å². The number of nitrogens with two attached hydrogens (primary N) is 2. The first kappa shape index (κ1) is 20.8. The topological polar surface area (TPSA) is 88.8 Å². The van der Waals surface area contributed by atoms with Crippen molar-refractivity contribution in [1.29, 1.82) is 0 Å². The van der Waals surface area contributed by atoms with E-state index in [1.807, 2.05) is 47.1 Å². The van der Waals surface area contributed by atoms with Gasteiger partial charge >= 0.3 is 6.03 Å². The number of rotatable bonds is 8. The Bertz CT molecular complexity index is 925. The second kappa shape index (κ2) is 10.0. The Labute approximate surface area is 175 Å². The van der Waals surface area contributed by atoms with Gasteiger partial charge in [0, 0.05) is 11.1 Å². The van der Waals surface area contributed by atoms with Gasteiger partial charge in [0.25, 0.3) is 5.91 Å². The quantitative estimate of drug-likeness (QED) is 0.534. The molecule has 3 aromatic rings. The molecule has 3 amide bonds. The van der Waals surface area contributed by atoms with Gasteiger partial charge in [-0.1, -0.05) is 74.0 Å². The van der Waals surface area contributed by atoms with Crippen molar-refractivity contribution in [3.8, 4) is 0 Å². The maximum absolute atomic E-state index is 12.8. The van der Waals surface area contributed by atoms with Gasteiger partial charge in [-0.2, -0.15) is 0 Å². The summed E-state index contributed by atoms with van der Waals surface area (Å²) in [5, 5.41) is 6.27. The number of benzene rings is 2. The molecule has 0 radical (unpaired) electrons. The number of nitrogens with one attached hydrogen (secondary N) is 1. The fourth-order valence-corrected chi connectivity index (χ4v) is 4.25. The number of imide groups is 1. The number of urea groups is 1. The summed E-state index contributed by atoms with van der Waals surface area (Å²) in [4.78, 5) is 25.2. The van der Waals surface area contributed by atoms with Crippen LogP contribution in [0.4, 0.5) is 4.79 Å². The summed E-state index contributed by atoms with van der Waals surface area (Å²) >= 11 is 1.65. The minimum atomic E-state index is -0.846. The van der Waals surface area contributed by atoms with Crippen LogP contribution in [0.3, 0.4) is 0 Å². The van der Waals surface area contributed by atoms with E-state index in [2.05, 4.69) is 42.6 Å². The Morgan fingerprint density at radius 2 is 1.72 bits per heavy atom. The Hall–Kier alpha value is -2.96. The highest BCUT2D eigenvalue weighted by molar-refractivity contribution is 7.10. The van der Waals surface area contributed by atoms with Gasteiger partial charge in [-0.15, -0.1) is 11.3 Å². The van der Waals surface area contributed by atoms with E-state index in [9.17, 15) is 9.59 Å². The fraction of sp³-hybridized carbons (Fsp3) is 0.217. The van der Waals surface area contributed by atoms with Crippen LogP contribution < -0.4 is 16.4 Å². The standard InChI is InChI=1S/C23H25N3O2S/c1-2-7-16-11-13-18(14-12-16)20(19-10-6-15-29-19)25-21(22(27)26-23(24)28)17-8-4-3-5-9-17/h3-6,8-15,20-21,25H,2,7H2,1H3,(H3,24,26,27,28)/p+1/t20-,21-/m1/s1. The first-order valence-corrected chi connectivity index (χ1v) is 10.6. The highest BCUT2D eigenvalue weighted by Crippen LogP contribution is 2.25. The van der Waals surface area contributed by atoms with Crippen molar-refractivity contribution in [2.75, 3.05) is 0 Å². The number of hydrogen-bond acceptors (Lipinski definition) is 3. The summed E-state index contributed by atoms with van der Waals surface area (Å²) in [6.07, 6.45) is 2.14.